The minimum Gasteiger partial charge on any atom is -0.394 e. The molecule has 2 amide bonds. The number of carbonyl (C=O) groups is 2. The Labute approximate surface area is 168 Å². The van der Waals surface area contributed by atoms with Crippen molar-refractivity contribution in [2.45, 2.75) is 17.5 Å². The molecular weight excluding hydrogens is 375 g/mol. The summed E-state index contributed by atoms with van der Waals surface area (Å²) in [4.78, 5) is 28.8. The Bertz CT molecular complexity index is 914. The van der Waals surface area contributed by atoms with E-state index in [2.05, 4.69) is 0 Å². The molecule has 2 heterocycles. The van der Waals surface area contributed by atoms with Gasteiger partial charge in [-0.3, -0.25) is 9.59 Å². The van der Waals surface area contributed by atoms with E-state index in [-0.39, 0.29) is 42.6 Å². The number of benzene rings is 2. The summed E-state index contributed by atoms with van der Waals surface area (Å²) in [6, 6.07) is 14.9. The van der Waals surface area contributed by atoms with Gasteiger partial charge in [-0.15, -0.1) is 0 Å². The fourth-order valence-corrected chi connectivity index (χ4v) is 4.82. The summed E-state index contributed by atoms with van der Waals surface area (Å²) >= 11 is 0. The summed E-state index contributed by atoms with van der Waals surface area (Å²) in [6.07, 6.45) is 0. The molecule has 1 spiro atoms. The van der Waals surface area contributed by atoms with Gasteiger partial charge in [-0.05, 0) is 23.8 Å². The maximum absolute atomic E-state index is 13.5. The standard InChI is InChI=1S/C22H23FN2O4/c1-29-12-19(27)25-18(11-26)20(15-6-3-2-4-7-15)22(25)13-24(14-22)21(28)16-8-5-9-17(23)10-16/h2-10,18,20,26H,11-14H2,1H3/t18-,20+/m1/s1. The molecule has 0 bridgehead atoms. The second kappa shape index (κ2) is 7.57. The van der Waals surface area contributed by atoms with Crippen molar-refractivity contribution in [2.24, 2.45) is 0 Å². The smallest absolute Gasteiger partial charge is 0.254 e. The van der Waals surface area contributed by atoms with Crippen LogP contribution in [0.15, 0.2) is 54.6 Å². The van der Waals surface area contributed by atoms with Gasteiger partial charge in [0.15, 0.2) is 0 Å². The number of amides is 2. The number of halogens is 1. The number of hydrogen-bond acceptors (Lipinski definition) is 4. The first kappa shape index (κ1) is 19.5. The zero-order chi connectivity index (χ0) is 20.6. The topological polar surface area (TPSA) is 70.1 Å². The van der Waals surface area contributed by atoms with Crippen molar-refractivity contribution in [3.05, 3.63) is 71.5 Å². The van der Waals surface area contributed by atoms with E-state index in [1.165, 1.54) is 25.3 Å². The summed E-state index contributed by atoms with van der Waals surface area (Å²) in [6.45, 7) is 0.397. The number of ether oxygens (including phenoxy) is 1. The zero-order valence-electron chi connectivity index (χ0n) is 16.1. The monoisotopic (exact) mass is 398 g/mol. The van der Waals surface area contributed by atoms with E-state index in [0.29, 0.717) is 13.1 Å². The molecule has 0 radical (unpaired) electrons. The third-order valence-electron chi connectivity index (χ3n) is 5.95. The van der Waals surface area contributed by atoms with Crippen molar-refractivity contribution >= 4 is 11.8 Å². The molecular formula is C22H23FN2O4. The van der Waals surface area contributed by atoms with Crippen LogP contribution in [0, 0.1) is 5.82 Å². The quantitative estimate of drug-likeness (QED) is 0.832. The number of carbonyl (C=O) groups excluding carboxylic acids is 2. The van der Waals surface area contributed by atoms with Gasteiger partial charge in [0.2, 0.25) is 5.91 Å². The zero-order valence-corrected chi connectivity index (χ0v) is 16.1. The second-order valence-corrected chi connectivity index (χ2v) is 7.61. The average molecular weight is 398 g/mol. The van der Waals surface area contributed by atoms with Crippen molar-refractivity contribution in [2.75, 3.05) is 33.4 Å². The van der Waals surface area contributed by atoms with Crippen LogP contribution >= 0.6 is 0 Å². The summed E-state index contributed by atoms with van der Waals surface area (Å²) in [5, 5.41) is 9.98. The van der Waals surface area contributed by atoms with E-state index in [1.807, 2.05) is 30.3 Å². The highest BCUT2D eigenvalue weighted by molar-refractivity contribution is 5.95. The SMILES string of the molecule is COCC(=O)N1[C@H](CO)[C@H](c2ccccc2)C12CN(C(=O)c1cccc(F)c1)C2. The normalized spacial score (nSPS) is 22.2. The lowest BCUT2D eigenvalue weighted by atomic mass is 9.60. The Morgan fingerprint density at radius 3 is 2.52 bits per heavy atom. The highest BCUT2D eigenvalue weighted by Crippen LogP contribution is 2.54. The van der Waals surface area contributed by atoms with Gasteiger partial charge in [0.05, 0.1) is 18.2 Å². The van der Waals surface area contributed by atoms with Crippen LogP contribution in [-0.4, -0.2) is 71.7 Å². The van der Waals surface area contributed by atoms with Crippen LogP contribution in [0.4, 0.5) is 4.39 Å². The molecule has 7 heteroatoms. The van der Waals surface area contributed by atoms with E-state index in [1.54, 1.807) is 15.9 Å². The molecule has 2 fully saturated rings. The van der Waals surface area contributed by atoms with Gasteiger partial charge < -0.3 is 19.6 Å². The van der Waals surface area contributed by atoms with E-state index >= 15 is 0 Å². The number of rotatable bonds is 5. The first-order chi connectivity index (χ1) is 14.0. The molecule has 152 valence electrons. The van der Waals surface area contributed by atoms with Crippen molar-refractivity contribution in [1.82, 2.24) is 9.80 Å². The molecule has 2 aliphatic heterocycles. The number of methoxy groups -OCH3 is 1. The van der Waals surface area contributed by atoms with Gasteiger partial charge in [0.1, 0.15) is 12.4 Å². The number of hydrogen-bond donors (Lipinski definition) is 1. The molecule has 6 nitrogen and oxygen atoms in total. The second-order valence-electron chi connectivity index (χ2n) is 7.61. The molecule has 0 saturated carbocycles. The van der Waals surface area contributed by atoms with E-state index in [0.717, 1.165) is 5.56 Å². The van der Waals surface area contributed by atoms with Crippen molar-refractivity contribution in [3.63, 3.8) is 0 Å². The summed E-state index contributed by atoms with van der Waals surface area (Å²) in [5.74, 6) is -1.04. The van der Waals surface area contributed by atoms with Crippen LogP contribution in [0.25, 0.3) is 0 Å². The fourth-order valence-electron chi connectivity index (χ4n) is 4.82. The van der Waals surface area contributed by atoms with Crippen molar-refractivity contribution in [3.8, 4) is 0 Å². The molecule has 0 unspecified atom stereocenters. The number of nitrogens with zero attached hydrogens (tertiary/aromatic N) is 2. The lowest BCUT2D eigenvalue weighted by molar-refractivity contribution is -0.196. The molecule has 1 N–H and O–H groups in total. The molecule has 2 aliphatic rings. The van der Waals surface area contributed by atoms with Crippen LogP contribution in [0.2, 0.25) is 0 Å². The van der Waals surface area contributed by atoms with E-state index in [9.17, 15) is 19.1 Å². The molecule has 0 aliphatic carbocycles. The predicted molar refractivity (Wildman–Crippen MR) is 104 cm³/mol. The van der Waals surface area contributed by atoms with Crippen LogP contribution in [-0.2, 0) is 9.53 Å². The third-order valence-corrected chi connectivity index (χ3v) is 5.95. The number of aliphatic hydroxyl groups is 1. The molecule has 29 heavy (non-hydrogen) atoms. The molecule has 4 rings (SSSR count). The first-order valence-corrected chi connectivity index (χ1v) is 9.53. The average Bonchev–Trinajstić information content (AvgIpc) is 2.67. The molecule has 2 saturated heterocycles. The Morgan fingerprint density at radius 2 is 1.90 bits per heavy atom. The minimum atomic E-state index is -0.590. The van der Waals surface area contributed by atoms with Crippen LogP contribution in [0.3, 0.4) is 0 Å². The number of aliphatic hydroxyl groups excluding tert-OH is 1. The van der Waals surface area contributed by atoms with Gasteiger partial charge in [-0.25, -0.2) is 4.39 Å². The third kappa shape index (κ3) is 3.10. The van der Waals surface area contributed by atoms with E-state index in [4.69, 9.17) is 4.74 Å². The van der Waals surface area contributed by atoms with Gasteiger partial charge in [-0.1, -0.05) is 36.4 Å². The highest BCUT2D eigenvalue weighted by Gasteiger charge is 2.68. The van der Waals surface area contributed by atoms with Gasteiger partial charge >= 0.3 is 0 Å². The van der Waals surface area contributed by atoms with Crippen LogP contribution in [0.1, 0.15) is 21.8 Å². The lowest BCUT2D eigenvalue weighted by Gasteiger charge is -2.70. The van der Waals surface area contributed by atoms with Crippen LogP contribution < -0.4 is 0 Å². The highest BCUT2D eigenvalue weighted by atomic mass is 19.1. The predicted octanol–water partition coefficient (Wildman–Crippen LogP) is 1.65. The first-order valence-electron chi connectivity index (χ1n) is 9.53. The van der Waals surface area contributed by atoms with Crippen molar-refractivity contribution in [1.29, 1.82) is 0 Å². The number of likely N-dealkylation sites (tertiary alicyclic amines) is 2. The summed E-state index contributed by atoms with van der Waals surface area (Å²) < 4.78 is 18.5. The Morgan fingerprint density at radius 1 is 1.17 bits per heavy atom. The Kier molecular flexibility index (Phi) is 5.10. The Hall–Kier alpha value is -2.77. The Balaban J connectivity index is 1.61. The van der Waals surface area contributed by atoms with Gasteiger partial charge in [0, 0.05) is 31.7 Å². The van der Waals surface area contributed by atoms with Gasteiger partial charge in [-0.2, -0.15) is 0 Å². The van der Waals surface area contributed by atoms with Gasteiger partial charge in [0.25, 0.3) is 5.91 Å². The largest absolute Gasteiger partial charge is 0.394 e. The van der Waals surface area contributed by atoms with Crippen LogP contribution in [0.5, 0.6) is 0 Å². The molecule has 2 atom stereocenters. The summed E-state index contributed by atoms with van der Waals surface area (Å²) in [7, 11) is 1.45. The molecule has 2 aromatic carbocycles. The summed E-state index contributed by atoms with van der Waals surface area (Å²) in [5.41, 5.74) is 0.711. The molecule has 2 aromatic rings. The fraction of sp³-hybridized carbons (Fsp3) is 0.364. The lowest BCUT2D eigenvalue weighted by Crippen LogP contribution is -2.86. The maximum atomic E-state index is 13.5. The van der Waals surface area contributed by atoms with E-state index < -0.39 is 11.4 Å². The van der Waals surface area contributed by atoms with Crippen molar-refractivity contribution < 1.29 is 23.8 Å². The molecule has 0 aromatic heterocycles. The minimum absolute atomic E-state index is 0.0857. The maximum Gasteiger partial charge on any atom is 0.254 e.